The largest absolute Gasteiger partial charge is 0.465 e. The predicted molar refractivity (Wildman–Crippen MR) is 86.2 cm³/mol. The second kappa shape index (κ2) is 6.89. The fourth-order valence-electron chi connectivity index (χ4n) is 1.96. The van der Waals surface area contributed by atoms with Crippen LogP contribution in [0.1, 0.15) is 31.2 Å². The summed E-state index contributed by atoms with van der Waals surface area (Å²) >= 11 is 0.914. The van der Waals surface area contributed by atoms with Gasteiger partial charge in [0.25, 0.3) is 11.6 Å². The number of ether oxygens (including phenoxy) is 1. The zero-order valence-electron chi connectivity index (χ0n) is 12.7. The Hall–Kier alpha value is -3.25. The number of hydrogen-bond donors (Lipinski definition) is 1. The van der Waals surface area contributed by atoms with E-state index in [0.717, 1.165) is 17.4 Å². The van der Waals surface area contributed by atoms with Crippen LogP contribution >= 0.6 is 11.3 Å². The van der Waals surface area contributed by atoms with Gasteiger partial charge in [0.1, 0.15) is 15.9 Å². The molecule has 0 fully saturated rings. The average Bonchev–Trinajstić information content (AvgIpc) is 2.89. The summed E-state index contributed by atoms with van der Waals surface area (Å²) < 4.78 is 4.64. The molecule has 1 amide bonds. The molecule has 0 atom stereocenters. The Morgan fingerprint density at radius 2 is 2.12 bits per heavy atom. The molecule has 1 heterocycles. The highest BCUT2D eigenvalue weighted by atomic mass is 32.1. The van der Waals surface area contributed by atoms with Gasteiger partial charge in [-0.05, 0) is 18.6 Å². The Bertz CT molecular complexity index is 882. The van der Waals surface area contributed by atoms with Crippen molar-refractivity contribution in [1.82, 2.24) is 0 Å². The van der Waals surface area contributed by atoms with E-state index in [2.05, 4.69) is 10.1 Å². The zero-order valence-corrected chi connectivity index (χ0v) is 13.5. The van der Waals surface area contributed by atoms with Gasteiger partial charge in [0, 0.05) is 17.7 Å². The highest BCUT2D eigenvalue weighted by Gasteiger charge is 2.22. The first-order valence-electron chi connectivity index (χ1n) is 6.56. The number of amides is 1. The van der Waals surface area contributed by atoms with Crippen molar-refractivity contribution in [1.29, 1.82) is 5.26 Å². The molecule has 0 aliphatic rings. The standard InChI is InChI=1S/C15H11N3O5S/c1-8-11(7-16)14(24-12(8)15(20)23-2)17-13(19)9-4-3-5-10(6-9)18(21)22/h3-6H,1-2H3,(H,17,19). The Morgan fingerprint density at radius 1 is 1.42 bits per heavy atom. The van der Waals surface area contributed by atoms with Crippen LogP contribution in [0, 0.1) is 28.4 Å². The van der Waals surface area contributed by atoms with Crippen LogP contribution in [0.3, 0.4) is 0 Å². The number of nitrogens with zero attached hydrogens (tertiary/aromatic N) is 2. The molecule has 0 unspecified atom stereocenters. The molecule has 122 valence electrons. The summed E-state index contributed by atoms with van der Waals surface area (Å²) in [6, 6.07) is 7.12. The van der Waals surface area contributed by atoms with Crippen molar-refractivity contribution in [2.45, 2.75) is 6.92 Å². The number of nitro groups is 1. The minimum Gasteiger partial charge on any atom is -0.465 e. The number of benzene rings is 1. The van der Waals surface area contributed by atoms with Gasteiger partial charge in [-0.3, -0.25) is 14.9 Å². The minimum absolute atomic E-state index is 0.0683. The molecular weight excluding hydrogens is 334 g/mol. The van der Waals surface area contributed by atoms with Gasteiger partial charge < -0.3 is 10.1 Å². The average molecular weight is 345 g/mol. The van der Waals surface area contributed by atoms with E-state index in [1.807, 2.05) is 6.07 Å². The smallest absolute Gasteiger partial charge is 0.348 e. The predicted octanol–water partition coefficient (Wildman–Crippen LogP) is 2.88. The maximum absolute atomic E-state index is 12.3. The summed E-state index contributed by atoms with van der Waals surface area (Å²) in [5.74, 6) is -1.22. The molecule has 0 saturated heterocycles. The number of hydrogen-bond acceptors (Lipinski definition) is 7. The van der Waals surface area contributed by atoms with Gasteiger partial charge in [0.15, 0.2) is 0 Å². The maximum atomic E-state index is 12.3. The summed E-state index contributed by atoms with van der Waals surface area (Å²) in [4.78, 5) is 34.3. The number of carbonyl (C=O) groups is 2. The zero-order chi connectivity index (χ0) is 17.9. The Labute approximate surface area is 140 Å². The normalized spacial score (nSPS) is 9.88. The van der Waals surface area contributed by atoms with Crippen LogP contribution in [-0.2, 0) is 4.74 Å². The molecule has 0 spiro atoms. The molecule has 1 N–H and O–H groups in total. The van der Waals surface area contributed by atoms with E-state index in [-0.39, 0.29) is 26.7 Å². The fourth-order valence-corrected chi connectivity index (χ4v) is 3.03. The van der Waals surface area contributed by atoms with E-state index in [1.54, 1.807) is 6.92 Å². The van der Waals surface area contributed by atoms with Crippen LogP contribution in [-0.4, -0.2) is 23.9 Å². The van der Waals surface area contributed by atoms with Crippen LogP contribution in [0.5, 0.6) is 0 Å². The van der Waals surface area contributed by atoms with Gasteiger partial charge in [-0.15, -0.1) is 11.3 Å². The first-order valence-corrected chi connectivity index (χ1v) is 7.38. The van der Waals surface area contributed by atoms with Crippen LogP contribution in [0.4, 0.5) is 10.7 Å². The van der Waals surface area contributed by atoms with Crippen LogP contribution in [0.25, 0.3) is 0 Å². The SMILES string of the molecule is COC(=O)c1sc(NC(=O)c2cccc([N+](=O)[O-])c2)c(C#N)c1C. The lowest BCUT2D eigenvalue weighted by atomic mass is 10.1. The van der Waals surface area contributed by atoms with E-state index in [4.69, 9.17) is 0 Å². The topological polar surface area (TPSA) is 122 Å². The molecule has 0 aliphatic carbocycles. The van der Waals surface area contributed by atoms with E-state index in [1.165, 1.54) is 25.3 Å². The number of nitriles is 1. The van der Waals surface area contributed by atoms with Crippen molar-refractivity contribution in [3.05, 3.63) is 55.9 Å². The molecule has 0 saturated carbocycles. The number of methoxy groups -OCH3 is 1. The summed E-state index contributed by atoms with van der Waals surface area (Å²) in [5, 5.41) is 22.7. The summed E-state index contributed by atoms with van der Waals surface area (Å²) in [7, 11) is 1.22. The lowest BCUT2D eigenvalue weighted by molar-refractivity contribution is -0.384. The van der Waals surface area contributed by atoms with E-state index in [0.29, 0.717) is 5.56 Å². The molecule has 1 aromatic carbocycles. The van der Waals surface area contributed by atoms with Crippen molar-refractivity contribution in [3.63, 3.8) is 0 Å². The molecule has 0 bridgehead atoms. The monoisotopic (exact) mass is 345 g/mol. The van der Waals surface area contributed by atoms with Gasteiger partial charge in [0.05, 0.1) is 17.6 Å². The Balaban J connectivity index is 2.36. The van der Waals surface area contributed by atoms with Crippen molar-refractivity contribution in [2.24, 2.45) is 0 Å². The van der Waals surface area contributed by atoms with Gasteiger partial charge in [-0.2, -0.15) is 5.26 Å². The third kappa shape index (κ3) is 3.23. The number of nitrogens with one attached hydrogen (secondary N) is 1. The quantitative estimate of drug-likeness (QED) is 0.516. The molecule has 2 rings (SSSR count). The molecule has 0 aliphatic heterocycles. The third-order valence-corrected chi connectivity index (χ3v) is 4.36. The number of non-ortho nitro benzene ring substituents is 1. The second-order valence-electron chi connectivity index (χ2n) is 4.63. The van der Waals surface area contributed by atoms with Gasteiger partial charge >= 0.3 is 5.97 Å². The first-order chi connectivity index (χ1) is 11.4. The fraction of sp³-hybridized carbons (Fsp3) is 0.133. The Kier molecular flexibility index (Phi) is 4.91. The molecule has 8 nitrogen and oxygen atoms in total. The third-order valence-electron chi connectivity index (χ3n) is 3.18. The summed E-state index contributed by atoms with van der Waals surface area (Å²) in [5.41, 5.74) is 0.405. The maximum Gasteiger partial charge on any atom is 0.348 e. The molecule has 1 aromatic heterocycles. The van der Waals surface area contributed by atoms with Gasteiger partial charge in [0.2, 0.25) is 0 Å². The number of nitro benzene ring substituents is 1. The summed E-state index contributed by atoms with van der Waals surface area (Å²) in [6.07, 6.45) is 0. The second-order valence-corrected chi connectivity index (χ2v) is 5.65. The Morgan fingerprint density at radius 3 is 2.71 bits per heavy atom. The van der Waals surface area contributed by atoms with Crippen LogP contribution in [0.15, 0.2) is 24.3 Å². The molecule has 24 heavy (non-hydrogen) atoms. The lowest BCUT2D eigenvalue weighted by Gasteiger charge is -2.03. The number of rotatable bonds is 4. The first kappa shape index (κ1) is 17.1. The van der Waals surface area contributed by atoms with Crippen molar-refractivity contribution >= 4 is 33.9 Å². The molecule has 0 radical (unpaired) electrons. The van der Waals surface area contributed by atoms with E-state index < -0.39 is 16.8 Å². The number of carbonyl (C=O) groups excluding carboxylic acids is 2. The number of anilines is 1. The number of esters is 1. The van der Waals surface area contributed by atoms with Crippen LogP contribution in [0.2, 0.25) is 0 Å². The molecular formula is C15H11N3O5S. The van der Waals surface area contributed by atoms with Gasteiger partial charge in [-0.25, -0.2) is 4.79 Å². The van der Waals surface area contributed by atoms with E-state index in [9.17, 15) is 25.0 Å². The van der Waals surface area contributed by atoms with Crippen molar-refractivity contribution in [2.75, 3.05) is 12.4 Å². The highest BCUT2D eigenvalue weighted by Crippen LogP contribution is 2.33. The van der Waals surface area contributed by atoms with E-state index >= 15 is 0 Å². The number of thiophene rings is 1. The lowest BCUT2D eigenvalue weighted by Crippen LogP contribution is -2.12. The highest BCUT2D eigenvalue weighted by molar-refractivity contribution is 7.18. The van der Waals surface area contributed by atoms with Crippen molar-refractivity contribution in [3.8, 4) is 6.07 Å². The minimum atomic E-state index is -0.618. The summed E-state index contributed by atoms with van der Waals surface area (Å²) in [6.45, 7) is 1.57. The molecule has 2 aromatic rings. The molecule has 9 heteroatoms. The van der Waals surface area contributed by atoms with Crippen LogP contribution < -0.4 is 5.32 Å². The van der Waals surface area contributed by atoms with Crippen molar-refractivity contribution < 1.29 is 19.2 Å². The van der Waals surface area contributed by atoms with Gasteiger partial charge in [-0.1, -0.05) is 6.07 Å².